The van der Waals surface area contributed by atoms with Crippen LogP contribution in [-0.4, -0.2) is 20.9 Å². The third-order valence-electron chi connectivity index (χ3n) is 3.93. The molecule has 0 bridgehead atoms. The van der Waals surface area contributed by atoms with Crippen LogP contribution in [0.3, 0.4) is 0 Å². The molecule has 0 heterocycles. The fourth-order valence-electron chi connectivity index (χ4n) is 2.58. The van der Waals surface area contributed by atoms with Gasteiger partial charge >= 0.3 is 0 Å². The van der Waals surface area contributed by atoms with Crippen molar-refractivity contribution in [1.82, 2.24) is 0 Å². The van der Waals surface area contributed by atoms with Crippen molar-refractivity contribution < 1.29 is 17.9 Å². The predicted octanol–water partition coefficient (Wildman–Crippen LogP) is 4.79. The smallest absolute Gasteiger partial charge is 0.261 e. The van der Waals surface area contributed by atoms with Gasteiger partial charge in [0.15, 0.2) is 0 Å². The molecule has 0 aliphatic heterocycles. The number of carbonyl (C=O) groups excluding carboxylic acids is 1. The number of ether oxygens (including phenoxy) is 1. The monoisotopic (exact) mass is 430 g/mol. The third-order valence-corrected chi connectivity index (χ3v) is 5.63. The van der Waals surface area contributed by atoms with Gasteiger partial charge in [-0.25, -0.2) is 8.42 Å². The molecule has 3 rings (SSSR count). The van der Waals surface area contributed by atoms with Crippen molar-refractivity contribution >= 4 is 38.9 Å². The normalized spacial score (nSPS) is 11.0. The molecule has 0 aromatic heterocycles. The number of benzene rings is 3. The molecule has 1 amide bonds. The topological polar surface area (TPSA) is 84.5 Å². The Labute approximate surface area is 174 Å². The molecule has 0 unspecified atom stereocenters. The summed E-state index contributed by atoms with van der Waals surface area (Å²) in [6, 6.07) is 19.3. The second-order valence-corrected chi connectivity index (χ2v) is 8.12. The lowest BCUT2D eigenvalue weighted by Gasteiger charge is -2.11. The zero-order chi connectivity index (χ0) is 20.9. The van der Waals surface area contributed by atoms with E-state index in [1.54, 1.807) is 42.5 Å². The minimum absolute atomic E-state index is 0.111. The maximum atomic E-state index is 12.5. The van der Waals surface area contributed by atoms with Crippen LogP contribution >= 0.6 is 11.6 Å². The van der Waals surface area contributed by atoms with Gasteiger partial charge in [-0.15, -0.1) is 0 Å². The van der Waals surface area contributed by atoms with Gasteiger partial charge in [0.1, 0.15) is 5.75 Å². The van der Waals surface area contributed by atoms with Gasteiger partial charge in [-0.05, 0) is 49.4 Å². The third kappa shape index (κ3) is 5.28. The Balaban J connectivity index is 1.75. The average Bonchev–Trinajstić information content (AvgIpc) is 2.70. The van der Waals surface area contributed by atoms with Gasteiger partial charge in [0.25, 0.3) is 15.9 Å². The van der Waals surface area contributed by atoms with E-state index in [-0.39, 0.29) is 21.5 Å². The summed E-state index contributed by atoms with van der Waals surface area (Å²) in [5.74, 6) is 0.270. The van der Waals surface area contributed by atoms with Crippen molar-refractivity contribution in [3.8, 4) is 5.75 Å². The molecule has 8 heteroatoms. The van der Waals surface area contributed by atoms with Crippen LogP contribution in [0.15, 0.2) is 77.7 Å². The van der Waals surface area contributed by atoms with Gasteiger partial charge in [-0.2, -0.15) is 0 Å². The second-order valence-electron chi connectivity index (χ2n) is 6.03. The average molecular weight is 431 g/mol. The number of anilines is 2. The molecule has 3 aromatic rings. The quantitative estimate of drug-likeness (QED) is 0.564. The highest BCUT2D eigenvalue weighted by atomic mass is 35.5. The number of nitrogens with one attached hydrogen (secondary N) is 2. The molecule has 0 spiro atoms. The predicted molar refractivity (Wildman–Crippen MR) is 114 cm³/mol. The van der Waals surface area contributed by atoms with Crippen molar-refractivity contribution in [2.75, 3.05) is 16.6 Å². The first kappa shape index (κ1) is 20.7. The zero-order valence-electron chi connectivity index (χ0n) is 15.6. The van der Waals surface area contributed by atoms with Crippen LogP contribution in [0.4, 0.5) is 11.4 Å². The van der Waals surface area contributed by atoms with Crippen molar-refractivity contribution in [2.24, 2.45) is 0 Å². The summed E-state index contributed by atoms with van der Waals surface area (Å²) < 4.78 is 32.7. The first-order valence-electron chi connectivity index (χ1n) is 8.80. The summed E-state index contributed by atoms with van der Waals surface area (Å²) in [4.78, 5) is 12.6. The summed E-state index contributed by atoms with van der Waals surface area (Å²) >= 11 is 6.21. The van der Waals surface area contributed by atoms with Gasteiger partial charge in [-0.3, -0.25) is 9.52 Å². The number of halogens is 1. The van der Waals surface area contributed by atoms with E-state index in [2.05, 4.69) is 10.0 Å². The molecule has 150 valence electrons. The summed E-state index contributed by atoms with van der Waals surface area (Å²) in [5, 5.41) is 2.87. The van der Waals surface area contributed by atoms with Crippen LogP contribution < -0.4 is 14.8 Å². The lowest BCUT2D eigenvalue weighted by atomic mass is 10.2. The van der Waals surface area contributed by atoms with Crippen LogP contribution in [0.5, 0.6) is 5.75 Å². The molecule has 0 fully saturated rings. The fraction of sp³-hybridized carbons (Fsp3) is 0.0952. The maximum Gasteiger partial charge on any atom is 0.261 e. The lowest BCUT2D eigenvalue weighted by molar-refractivity contribution is 0.102. The fourth-order valence-corrected chi connectivity index (χ4v) is 3.96. The molecular weight excluding hydrogens is 412 g/mol. The molecule has 0 saturated heterocycles. The highest BCUT2D eigenvalue weighted by Crippen LogP contribution is 2.26. The van der Waals surface area contributed by atoms with Crippen LogP contribution in [-0.2, 0) is 10.0 Å². The molecule has 0 saturated carbocycles. The van der Waals surface area contributed by atoms with E-state index in [9.17, 15) is 13.2 Å². The molecule has 2 N–H and O–H groups in total. The molecule has 29 heavy (non-hydrogen) atoms. The Morgan fingerprint density at radius 1 is 1.00 bits per heavy atom. The van der Waals surface area contributed by atoms with E-state index in [1.165, 1.54) is 30.3 Å². The van der Waals surface area contributed by atoms with E-state index in [0.29, 0.717) is 23.6 Å². The Morgan fingerprint density at radius 2 is 1.76 bits per heavy atom. The molecular formula is C21H19ClN2O4S. The SMILES string of the molecule is CCOc1cccc(NC(=O)c2ccc(NS(=O)(=O)c3ccccc3)c(Cl)c2)c1. The molecule has 0 radical (unpaired) electrons. The molecule has 0 aliphatic rings. The van der Waals surface area contributed by atoms with Gasteiger partial charge in [0.05, 0.1) is 22.2 Å². The van der Waals surface area contributed by atoms with Gasteiger partial charge < -0.3 is 10.1 Å². The van der Waals surface area contributed by atoms with Crippen LogP contribution in [0.1, 0.15) is 17.3 Å². The highest BCUT2D eigenvalue weighted by molar-refractivity contribution is 7.92. The summed E-state index contributed by atoms with van der Waals surface area (Å²) in [6.45, 7) is 2.40. The molecule has 0 aliphatic carbocycles. The van der Waals surface area contributed by atoms with Gasteiger partial charge in [-0.1, -0.05) is 35.9 Å². The molecule has 6 nitrogen and oxygen atoms in total. The number of sulfonamides is 1. The zero-order valence-corrected chi connectivity index (χ0v) is 17.1. The Kier molecular flexibility index (Phi) is 6.41. The number of rotatable bonds is 7. The Bertz CT molecular complexity index is 1120. The van der Waals surface area contributed by atoms with Crippen LogP contribution in [0.25, 0.3) is 0 Å². The molecule has 0 atom stereocenters. The first-order chi connectivity index (χ1) is 13.9. The van der Waals surface area contributed by atoms with Gasteiger partial charge in [0.2, 0.25) is 0 Å². The van der Waals surface area contributed by atoms with E-state index >= 15 is 0 Å². The number of hydrogen-bond donors (Lipinski definition) is 2. The van der Waals surface area contributed by atoms with Crippen molar-refractivity contribution in [2.45, 2.75) is 11.8 Å². The second kappa shape index (κ2) is 8.98. The number of hydrogen-bond acceptors (Lipinski definition) is 4. The lowest BCUT2D eigenvalue weighted by Crippen LogP contribution is -2.14. The van der Waals surface area contributed by atoms with E-state index in [4.69, 9.17) is 16.3 Å². The van der Waals surface area contributed by atoms with E-state index < -0.39 is 10.0 Å². The van der Waals surface area contributed by atoms with Crippen molar-refractivity contribution in [1.29, 1.82) is 0 Å². The first-order valence-corrected chi connectivity index (χ1v) is 10.7. The Hall–Kier alpha value is -3.03. The molecule has 3 aromatic carbocycles. The van der Waals surface area contributed by atoms with Crippen LogP contribution in [0, 0.1) is 0 Å². The van der Waals surface area contributed by atoms with Gasteiger partial charge in [0, 0.05) is 17.3 Å². The van der Waals surface area contributed by atoms with Crippen LogP contribution in [0.2, 0.25) is 5.02 Å². The Morgan fingerprint density at radius 3 is 2.45 bits per heavy atom. The van der Waals surface area contributed by atoms with Crippen molar-refractivity contribution in [3.05, 3.63) is 83.4 Å². The summed E-state index contributed by atoms with van der Waals surface area (Å²) in [5.41, 5.74) is 1.05. The standard InChI is InChI=1S/C21H19ClN2O4S/c1-2-28-17-8-6-7-16(14-17)23-21(25)15-11-12-20(19(22)13-15)24-29(26,27)18-9-4-3-5-10-18/h3-14,24H,2H2,1H3,(H,23,25). The maximum absolute atomic E-state index is 12.5. The number of amides is 1. The highest BCUT2D eigenvalue weighted by Gasteiger charge is 2.16. The largest absolute Gasteiger partial charge is 0.494 e. The number of carbonyl (C=O) groups is 1. The van der Waals surface area contributed by atoms with E-state index in [1.807, 2.05) is 6.92 Å². The summed E-state index contributed by atoms with van der Waals surface area (Å²) in [7, 11) is -3.78. The van der Waals surface area contributed by atoms with E-state index in [0.717, 1.165) is 0 Å². The minimum Gasteiger partial charge on any atom is -0.494 e. The summed E-state index contributed by atoms with van der Waals surface area (Å²) in [6.07, 6.45) is 0. The minimum atomic E-state index is -3.78. The van der Waals surface area contributed by atoms with Crippen molar-refractivity contribution in [3.63, 3.8) is 0 Å².